The Bertz CT molecular complexity index is 498. The van der Waals surface area contributed by atoms with E-state index in [2.05, 4.69) is 15.2 Å². The average molecular weight is 185 g/mol. The van der Waals surface area contributed by atoms with Gasteiger partial charge < -0.3 is 0 Å². The Hall–Kier alpha value is -2.06. The molecule has 1 aromatic heterocycles. The van der Waals surface area contributed by atoms with Gasteiger partial charge in [-0.2, -0.15) is 10.2 Å². The Labute approximate surface area is 80.3 Å². The highest BCUT2D eigenvalue weighted by molar-refractivity contribution is 5.84. The van der Waals surface area contributed by atoms with Crippen molar-refractivity contribution in [3.8, 4) is 0 Å². The molecule has 0 aliphatic carbocycles. The molecule has 14 heavy (non-hydrogen) atoms. The molecule has 0 saturated heterocycles. The molecule has 0 bridgehead atoms. The summed E-state index contributed by atoms with van der Waals surface area (Å²) in [4.78, 5) is 13.5. The lowest BCUT2D eigenvalue weighted by Gasteiger charge is -2.00. The van der Waals surface area contributed by atoms with Gasteiger partial charge in [0.15, 0.2) is 0 Å². The third-order valence-corrected chi connectivity index (χ3v) is 1.99. The molecular formula is C10H7N3O. The molecule has 4 nitrogen and oxygen atoms in total. The number of rotatable bonds is 2. The van der Waals surface area contributed by atoms with Crippen molar-refractivity contribution in [2.45, 2.75) is 6.54 Å². The summed E-state index contributed by atoms with van der Waals surface area (Å²) >= 11 is 0. The van der Waals surface area contributed by atoms with Crippen LogP contribution in [0.5, 0.6) is 0 Å². The quantitative estimate of drug-likeness (QED) is 0.525. The zero-order chi connectivity index (χ0) is 9.80. The van der Waals surface area contributed by atoms with Crippen LogP contribution in [-0.2, 0) is 11.3 Å². The Balaban J connectivity index is 2.58. The van der Waals surface area contributed by atoms with Crippen LogP contribution in [0.3, 0.4) is 0 Å². The van der Waals surface area contributed by atoms with Gasteiger partial charge in [-0.3, -0.25) is 0 Å². The minimum Gasteiger partial charge on any atom is -0.211 e. The fourth-order valence-electron chi connectivity index (χ4n) is 1.34. The molecule has 0 fully saturated rings. The summed E-state index contributed by atoms with van der Waals surface area (Å²) in [5.74, 6) is 0. The Morgan fingerprint density at radius 2 is 2.14 bits per heavy atom. The second kappa shape index (κ2) is 3.77. The third kappa shape index (κ3) is 1.51. The van der Waals surface area contributed by atoms with Gasteiger partial charge in [0, 0.05) is 10.8 Å². The average Bonchev–Trinajstić information content (AvgIpc) is 2.26. The SMILES string of the molecule is O=C=NCc1cccc2cnncc12. The van der Waals surface area contributed by atoms with E-state index in [1.54, 1.807) is 12.4 Å². The van der Waals surface area contributed by atoms with E-state index in [1.165, 1.54) is 6.08 Å². The van der Waals surface area contributed by atoms with Gasteiger partial charge in [-0.05, 0) is 5.56 Å². The highest BCUT2D eigenvalue weighted by Crippen LogP contribution is 2.16. The number of hydrogen-bond acceptors (Lipinski definition) is 4. The number of aliphatic imine (C=N–C) groups is 1. The lowest BCUT2D eigenvalue weighted by Crippen LogP contribution is -1.87. The third-order valence-electron chi connectivity index (χ3n) is 1.99. The molecule has 4 heteroatoms. The first-order chi connectivity index (χ1) is 6.92. The van der Waals surface area contributed by atoms with E-state index in [1.807, 2.05) is 18.2 Å². The fraction of sp³-hybridized carbons (Fsp3) is 0.100. The van der Waals surface area contributed by atoms with Crippen LogP contribution in [0.15, 0.2) is 35.6 Å². The van der Waals surface area contributed by atoms with Gasteiger partial charge in [0.05, 0.1) is 18.9 Å². The van der Waals surface area contributed by atoms with Gasteiger partial charge >= 0.3 is 0 Å². The molecule has 0 aliphatic rings. The first kappa shape index (κ1) is 8.53. The molecule has 2 aromatic rings. The highest BCUT2D eigenvalue weighted by Gasteiger charge is 1.99. The standard InChI is InChI=1S/C10H7N3O/c14-7-11-4-8-2-1-3-9-5-12-13-6-10(8)9/h1-3,5-6H,4H2. The van der Waals surface area contributed by atoms with E-state index in [9.17, 15) is 4.79 Å². The monoisotopic (exact) mass is 185 g/mol. The predicted octanol–water partition coefficient (Wildman–Crippen LogP) is 1.47. The van der Waals surface area contributed by atoms with Crippen LogP contribution in [0.2, 0.25) is 0 Å². The molecule has 0 radical (unpaired) electrons. The normalized spacial score (nSPS) is 9.71. The summed E-state index contributed by atoms with van der Waals surface area (Å²) in [6, 6.07) is 5.75. The Morgan fingerprint density at radius 3 is 3.00 bits per heavy atom. The Kier molecular flexibility index (Phi) is 2.30. The van der Waals surface area contributed by atoms with Gasteiger partial charge in [-0.1, -0.05) is 18.2 Å². The fourth-order valence-corrected chi connectivity index (χ4v) is 1.34. The van der Waals surface area contributed by atoms with Crippen molar-refractivity contribution in [3.05, 3.63) is 36.2 Å². The number of fused-ring (bicyclic) bond motifs is 1. The van der Waals surface area contributed by atoms with Gasteiger partial charge in [0.1, 0.15) is 0 Å². The second-order valence-electron chi connectivity index (χ2n) is 2.82. The number of isocyanates is 1. The summed E-state index contributed by atoms with van der Waals surface area (Å²) < 4.78 is 0. The minimum absolute atomic E-state index is 0.340. The summed E-state index contributed by atoms with van der Waals surface area (Å²) in [6.07, 6.45) is 4.88. The molecule has 0 unspecified atom stereocenters. The van der Waals surface area contributed by atoms with Crippen molar-refractivity contribution >= 4 is 16.9 Å². The van der Waals surface area contributed by atoms with Gasteiger partial charge in [-0.25, -0.2) is 9.79 Å². The topological polar surface area (TPSA) is 55.2 Å². The number of carbonyl (C=O) groups excluding carboxylic acids is 1. The predicted molar refractivity (Wildman–Crippen MR) is 51.4 cm³/mol. The van der Waals surface area contributed by atoms with Gasteiger partial charge in [0.2, 0.25) is 6.08 Å². The molecule has 0 amide bonds. The van der Waals surface area contributed by atoms with Crippen LogP contribution < -0.4 is 0 Å². The molecule has 0 N–H and O–H groups in total. The summed E-state index contributed by atoms with van der Waals surface area (Å²) in [7, 11) is 0. The molecule has 68 valence electrons. The number of benzene rings is 1. The van der Waals surface area contributed by atoms with Crippen LogP contribution in [0.4, 0.5) is 0 Å². The van der Waals surface area contributed by atoms with Crippen LogP contribution >= 0.6 is 0 Å². The number of hydrogen-bond donors (Lipinski definition) is 0. The van der Waals surface area contributed by atoms with E-state index in [0.29, 0.717) is 6.54 Å². The molecule has 1 heterocycles. The maximum Gasteiger partial charge on any atom is 0.235 e. The van der Waals surface area contributed by atoms with Crippen molar-refractivity contribution in [1.29, 1.82) is 0 Å². The molecular weight excluding hydrogens is 178 g/mol. The second-order valence-corrected chi connectivity index (χ2v) is 2.82. The largest absolute Gasteiger partial charge is 0.235 e. The van der Waals surface area contributed by atoms with Crippen LogP contribution in [0.1, 0.15) is 5.56 Å². The lowest BCUT2D eigenvalue weighted by atomic mass is 10.1. The smallest absolute Gasteiger partial charge is 0.211 e. The van der Waals surface area contributed by atoms with Crippen molar-refractivity contribution < 1.29 is 4.79 Å². The van der Waals surface area contributed by atoms with Crippen molar-refractivity contribution in [2.24, 2.45) is 4.99 Å². The summed E-state index contributed by atoms with van der Waals surface area (Å²) in [5.41, 5.74) is 0.959. The number of aromatic nitrogens is 2. The minimum atomic E-state index is 0.340. The first-order valence-electron chi connectivity index (χ1n) is 4.14. The van der Waals surface area contributed by atoms with Crippen molar-refractivity contribution in [3.63, 3.8) is 0 Å². The van der Waals surface area contributed by atoms with Gasteiger partial charge in [-0.15, -0.1) is 0 Å². The van der Waals surface area contributed by atoms with Crippen LogP contribution in [-0.4, -0.2) is 16.3 Å². The van der Waals surface area contributed by atoms with Crippen LogP contribution in [0, 0.1) is 0 Å². The van der Waals surface area contributed by atoms with E-state index < -0.39 is 0 Å². The van der Waals surface area contributed by atoms with Gasteiger partial charge in [0.25, 0.3) is 0 Å². The van der Waals surface area contributed by atoms with E-state index in [0.717, 1.165) is 16.3 Å². The maximum absolute atomic E-state index is 9.99. The molecule has 1 aromatic carbocycles. The summed E-state index contributed by atoms with van der Waals surface area (Å²) in [6.45, 7) is 0.340. The van der Waals surface area contributed by atoms with Crippen molar-refractivity contribution in [1.82, 2.24) is 10.2 Å². The van der Waals surface area contributed by atoms with E-state index >= 15 is 0 Å². The summed E-state index contributed by atoms with van der Waals surface area (Å²) in [5, 5.41) is 9.54. The zero-order valence-corrected chi connectivity index (χ0v) is 7.34. The number of nitrogens with zero attached hydrogens (tertiary/aromatic N) is 3. The molecule has 0 spiro atoms. The molecule has 2 rings (SSSR count). The van der Waals surface area contributed by atoms with E-state index in [-0.39, 0.29) is 0 Å². The zero-order valence-electron chi connectivity index (χ0n) is 7.34. The molecule has 0 atom stereocenters. The first-order valence-corrected chi connectivity index (χ1v) is 4.14. The van der Waals surface area contributed by atoms with Crippen LogP contribution in [0.25, 0.3) is 10.8 Å². The maximum atomic E-state index is 9.99. The lowest BCUT2D eigenvalue weighted by molar-refractivity contribution is 0.563. The molecule has 0 saturated carbocycles. The highest BCUT2D eigenvalue weighted by atomic mass is 16.1. The molecule has 0 aliphatic heterocycles. The van der Waals surface area contributed by atoms with E-state index in [4.69, 9.17) is 0 Å². The Morgan fingerprint density at radius 1 is 1.29 bits per heavy atom. The van der Waals surface area contributed by atoms with Crippen molar-refractivity contribution in [2.75, 3.05) is 0 Å².